The Kier molecular flexibility index (Phi) is 8.11. The molecule has 0 amide bonds. The molecule has 5 heteroatoms. The largest absolute Gasteiger partial charge is 0.377 e. The Balaban J connectivity index is 1.51. The number of H-pyrrole nitrogens is 2. The zero-order valence-corrected chi connectivity index (χ0v) is 26.9. The second kappa shape index (κ2) is 13.1. The second-order valence-corrected chi connectivity index (χ2v) is 12.1. The fourth-order valence-corrected chi connectivity index (χ4v) is 6.56. The van der Waals surface area contributed by atoms with E-state index in [-0.39, 0.29) is 0 Å². The van der Waals surface area contributed by atoms with Crippen LogP contribution in [0.1, 0.15) is 48.1 Å². The molecule has 48 heavy (non-hydrogen) atoms. The van der Waals surface area contributed by atoms with Gasteiger partial charge in [-0.15, -0.1) is 0 Å². The molecule has 8 rings (SSSR count). The third kappa shape index (κ3) is 5.70. The number of hydrogen-bond acceptors (Lipinski definition) is 3. The number of nitrogens with zero attached hydrogens (tertiary/aromatic N) is 2. The first kappa shape index (κ1) is 29.6. The zero-order valence-electron chi connectivity index (χ0n) is 26.9. The molecule has 0 spiro atoms. The quantitative estimate of drug-likeness (QED) is 0.165. The number of nitrogens with one attached hydrogen (secondary N) is 2. The van der Waals surface area contributed by atoms with Crippen molar-refractivity contribution in [2.24, 2.45) is 0 Å². The van der Waals surface area contributed by atoms with Crippen molar-refractivity contribution in [1.29, 1.82) is 0 Å². The summed E-state index contributed by atoms with van der Waals surface area (Å²) in [7, 11) is 0. The summed E-state index contributed by atoms with van der Waals surface area (Å²) in [5.74, 6) is 0. The molecule has 5 heterocycles. The van der Waals surface area contributed by atoms with Crippen LogP contribution in [-0.2, 0) is 11.3 Å². The van der Waals surface area contributed by atoms with Crippen LogP contribution in [0.3, 0.4) is 0 Å². The molecule has 0 saturated heterocycles. The highest BCUT2D eigenvalue weighted by atomic mass is 16.5. The Labute approximate surface area is 280 Å². The van der Waals surface area contributed by atoms with E-state index >= 15 is 0 Å². The summed E-state index contributed by atoms with van der Waals surface area (Å²) < 4.78 is 6.24. The highest BCUT2D eigenvalue weighted by molar-refractivity contribution is 5.97. The van der Waals surface area contributed by atoms with E-state index in [0.29, 0.717) is 13.2 Å². The number of aromatic nitrogens is 4. The maximum atomic E-state index is 6.24. The first-order valence-electron chi connectivity index (χ1n) is 16.7. The van der Waals surface area contributed by atoms with Gasteiger partial charge in [-0.25, -0.2) is 9.97 Å². The van der Waals surface area contributed by atoms with Crippen LogP contribution in [0.5, 0.6) is 0 Å². The van der Waals surface area contributed by atoms with Gasteiger partial charge in [-0.3, -0.25) is 0 Å². The SMILES string of the molecule is CCCCOCc1c2nc(c(-c3ccccc3)c3ccc([nH]3)c(-c3ccccc3)c3nc(c(-c4ccccc4)c4ccc1[nH]4)C=C3)C=C2. The molecule has 234 valence electrons. The van der Waals surface area contributed by atoms with Crippen molar-refractivity contribution < 1.29 is 4.74 Å². The van der Waals surface area contributed by atoms with Gasteiger partial charge < -0.3 is 14.7 Å². The third-order valence-corrected chi connectivity index (χ3v) is 8.94. The molecular weight excluding hydrogens is 589 g/mol. The summed E-state index contributed by atoms with van der Waals surface area (Å²) in [6.45, 7) is 3.34. The molecule has 0 radical (unpaired) electrons. The lowest BCUT2D eigenvalue weighted by Crippen LogP contribution is -1.98. The molecular formula is C43H36N4O. The predicted molar refractivity (Wildman–Crippen MR) is 200 cm³/mol. The number of hydrogen-bond donors (Lipinski definition) is 2. The van der Waals surface area contributed by atoms with Gasteiger partial charge in [-0.05, 0) is 71.7 Å². The van der Waals surface area contributed by atoms with Crippen molar-refractivity contribution in [1.82, 2.24) is 19.9 Å². The van der Waals surface area contributed by atoms with Crippen molar-refractivity contribution in [2.75, 3.05) is 6.61 Å². The minimum Gasteiger partial charge on any atom is -0.377 e. The van der Waals surface area contributed by atoms with E-state index in [1.807, 2.05) is 18.2 Å². The Morgan fingerprint density at radius 1 is 0.479 bits per heavy atom. The number of ether oxygens (including phenoxy) is 1. The van der Waals surface area contributed by atoms with E-state index in [4.69, 9.17) is 14.7 Å². The topological polar surface area (TPSA) is 66.6 Å². The fourth-order valence-electron chi connectivity index (χ4n) is 6.56. The van der Waals surface area contributed by atoms with Crippen molar-refractivity contribution in [3.63, 3.8) is 0 Å². The Morgan fingerprint density at radius 3 is 1.33 bits per heavy atom. The normalized spacial score (nSPS) is 12.1. The second-order valence-electron chi connectivity index (χ2n) is 12.1. The van der Waals surface area contributed by atoms with Crippen molar-refractivity contribution >= 4 is 46.4 Å². The van der Waals surface area contributed by atoms with Gasteiger partial charge in [0.1, 0.15) is 0 Å². The molecule has 0 fully saturated rings. The molecule has 2 N–H and O–H groups in total. The fraction of sp³-hybridized carbons (Fsp3) is 0.116. The summed E-state index contributed by atoms with van der Waals surface area (Å²) >= 11 is 0. The predicted octanol–water partition coefficient (Wildman–Crippen LogP) is 11.0. The summed E-state index contributed by atoms with van der Waals surface area (Å²) in [5.41, 5.74) is 15.0. The van der Waals surface area contributed by atoms with Gasteiger partial charge in [-0.1, -0.05) is 104 Å². The van der Waals surface area contributed by atoms with Crippen LogP contribution in [0.25, 0.3) is 79.8 Å². The molecule has 3 aromatic carbocycles. The van der Waals surface area contributed by atoms with Gasteiger partial charge in [0.05, 0.1) is 29.4 Å². The van der Waals surface area contributed by atoms with E-state index < -0.39 is 0 Å². The number of fused-ring (bicyclic) bond motifs is 8. The standard InChI is InChI=1S/C43H36N4O/c1-2-3-27-48-28-32-33-19-21-35(44-33)41(29-13-7-4-8-14-29)37-23-25-39(46-37)43(31-17-11-6-12-18-31)40-26-24-38(47-40)42(30-15-9-5-10-16-30)36-22-20-34(32)45-36/h4-26,44,47H,2-3,27-28H2,1H3. The summed E-state index contributed by atoms with van der Waals surface area (Å²) in [4.78, 5) is 18.2. The maximum Gasteiger partial charge on any atom is 0.0758 e. The van der Waals surface area contributed by atoms with Crippen LogP contribution >= 0.6 is 0 Å². The molecule has 0 atom stereocenters. The lowest BCUT2D eigenvalue weighted by atomic mass is 10.0. The van der Waals surface area contributed by atoms with Crippen LogP contribution < -0.4 is 0 Å². The molecule has 8 bridgehead atoms. The molecule has 3 aromatic heterocycles. The van der Waals surface area contributed by atoms with E-state index in [1.165, 1.54) is 0 Å². The molecule has 5 nitrogen and oxygen atoms in total. The van der Waals surface area contributed by atoms with Gasteiger partial charge in [0.25, 0.3) is 0 Å². The first-order chi connectivity index (χ1) is 23.8. The van der Waals surface area contributed by atoms with Gasteiger partial charge in [0, 0.05) is 50.9 Å². The van der Waals surface area contributed by atoms with Crippen LogP contribution in [0, 0.1) is 0 Å². The van der Waals surface area contributed by atoms with Gasteiger partial charge in [0.2, 0.25) is 0 Å². The van der Waals surface area contributed by atoms with E-state index in [1.54, 1.807) is 0 Å². The van der Waals surface area contributed by atoms with Gasteiger partial charge in [-0.2, -0.15) is 0 Å². The van der Waals surface area contributed by atoms with E-state index in [2.05, 4.69) is 138 Å². The number of unbranched alkanes of at least 4 members (excludes halogenated alkanes) is 1. The highest BCUT2D eigenvalue weighted by Crippen LogP contribution is 2.36. The van der Waals surface area contributed by atoms with Crippen molar-refractivity contribution in [2.45, 2.75) is 26.4 Å². The van der Waals surface area contributed by atoms with Crippen LogP contribution in [0.4, 0.5) is 0 Å². The Morgan fingerprint density at radius 2 is 0.875 bits per heavy atom. The minimum absolute atomic E-state index is 0.457. The molecule has 2 aliphatic rings. The summed E-state index contributed by atoms with van der Waals surface area (Å²) in [6, 6.07) is 40.1. The monoisotopic (exact) mass is 624 g/mol. The average molecular weight is 625 g/mol. The molecule has 0 unspecified atom stereocenters. The summed E-state index contributed by atoms with van der Waals surface area (Å²) in [6.07, 6.45) is 10.6. The van der Waals surface area contributed by atoms with Crippen LogP contribution in [-0.4, -0.2) is 26.5 Å². The molecule has 2 aliphatic heterocycles. The lowest BCUT2D eigenvalue weighted by Gasteiger charge is -2.07. The van der Waals surface area contributed by atoms with Gasteiger partial charge in [0.15, 0.2) is 0 Å². The minimum atomic E-state index is 0.457. The van der Waals surface area contributed by atoms with Crippen LogP contribution in [0.15, 0.2) is 115 Å². The smallest absolute Gasteiger partial charge is 0.0758 e. The van der Waals surface area contributed by atoms with Crippen molar-refractivity contribution in [3.05, 3.63) is 144 Å². The maximum absolute atomic E-state index is 6.24. The Hall–Kier alpha value is -5.78. The zero-order chi connectivity index (χ0) is 32.3. The number of rotatable bonds is 8. The Bertz CT molecular complexity index is 2280. The number of aromatic amines is 2. The molecule has 0 saturated carbocycles. The number of benzene rings is 3. The van der Waals surface area contributed by atoms with E-state index in [9.17, 15) is 0 Å². The molecule has 6 aromatic rings. The van der Waals surface area contributed by atoms with E-state index in [0.717, 1.165) is 96.6 Å². The third-order valence-electron chi connectivity index (χ3n) is 8.94. The summed E-state index contributed by atoms with van der Waals surface area (Å²) in [5, 5.41) is 0. The first-order valence-corrected chi connectivity index (χ1v) is 16.7. The van der Waals surface area contributed by atoms with Gasteiger partial charge >= 0.3 is 0 Å². The lowest BCUT2D eigenvalue weighted by molar-refractivity contribution is 0.118. The average Bonchev–Trinajstić information content (AvgIpc) is 3.97. The van der Waals surface area contributed by atoms with Crippen LogP contribution in [0.2, 0.25) is 0 Å². The van der Waals surface area contributed by atoms with Crippen molar-refractivity contribution in [3.8, 4) is 33.4 Å². The highest BCUT2D eigenvalue weighted by Gasteiger charge is 2.18. The molecule has 0 aliphatic carbocycles.